The topological polar surface area (TPSA) is 27.7 Å². The SMILES string of the molecule is c1ccc2c(c1)SCc1nc3ccc(-n4c5ccccc5c5cc(-n6c7ccccc7c7ccccc76)ccc54)cc3n1-2. The number of thioether (sulfide) groups is 1. The maximum Gasteiger partial charge on any atom is 0.124 e. The molecule has 0 amide bonds. The van der Waals surface area contributed by atoms with E-state index in [0.29, 0.717) is 0 Å². The van der Waals surface area contributed by atoms with E-state index < -0.39 is 0 Å². The van der Waals surface area contributed by atoms with Crippen molar-refractivity contribution in [3.05, 3.63) is 139 Å². The van der Waals surface area contributed by atoms with E-state index in [1.165, 1.54) is 59.9 Å². The van der Waals surface area contributed by atoms with E-state index in [-0.39, 0.29) is 0 Å². The number of benzene rings is 6. The van der Waals surface area contributed by atoms with E-state index in [4.69, 9.17) is 4.98 Å². The van der Waals surface area contributed by atoms with Crippen molar-refractivity contribution in [3.8, 4) is 17.1 Å². The molecule has 0 aliphatic carbocycles. The molecular formula is C38H24N4S. The first-order valence-corrected chi connectivity index (χ1v) is 15.6. The minimum atomic E-state index is 0.877. The summed E-state index contributed by atoms with van der Waals surface area (Å²) >= 11 is 1.86. The third-order valence-corrected chi connectivity index (χ3v) is 9.98. The molecule has 43 heavy (non-hydrogen) atoms. The van der Waals surface area contributed by atoms with Crippen molar-refractivity contribution in [1.82, 2.24) is 18.7 Å². The van der Waals surface area contributed by atoms with Gasteiger partial charge in [0, 0.05) is 37.8 Å². The molecule has 6 aromatic carbocycles. The van der Waals surface area contributed by atoms with E-state index in [2.05, 4.69) is 147 Å². The maximum absolute atomic E-state index is 5.02. The number of nitrogens with zero attached hydrogens (tertiary/aromatic N) is 4. The van der Waals surface area contributed by atoms with Crippen LogP contribution in [0, 0.1) is 0 Å². The van der Waals surface area contributed by atoms with Gasteiger partial charge >= 0.3 is 0 Å². The summed E-state index contributed by atoms with van der Waals surface area (Å²) in [4.78, 5) is 6.32. The van der Waals surface area contributed by atoms with E-state index >= 15 is 0 Å². The number of fused-ring (bicyclic) bond motifs is 11. The molecule has 0 bridgehead atoms. The lowest BCUT2D eigenvalue weighted by atomic mass is 10.1. The molecule has 1 aliphatic heterocycles. The van der Waals surface area contributed by atoms with Gasteiger partial charge in [0.25, 0.3) is 0 Å². The predicted molar refractivity (Wildman–Crippen MR) is 179 cm³/mol. The Labute approximate surface area is 251 Å². The van der Waals surface area contributed by atoms with Crippen LogP contribution in [0.5, 0.6) is 0 Å². The predicted octanol–water partition coefficient (Wildman–Crippen LogP) is 9.83. The molecule has 9 aromatic rings. The lowest BCUT2D eigenvalue weighted by Crippen LogP contribution is -2.06. The second kappa shape index (κ2) is 8.63. The quantitative estimate of drug-likeness (QED) is 0.208. The fourth-order valence-electron chi connectivity index (χ4n) is 7.10. The van der Waals surface area contributed by atoms with Crippen molar-refractivity contribution in [2.45, 2.75) is 10.6 Å². The molecule has 0 radical (unpaired) electrons. The third kappa shape index (κ3) is 3.20. The Morgan fingerprint density at radius 2 is 1.02 bits per heavy atom. The maximum atomic E-state index is 5.02. The van der Waals surface area contributed by atoms with Crippen LogP contribution in [0.3, 0.4) is 0 Å². The van der Waals surface area contributed by atoms with Crippen LogP contribution in [0.1, 0.15) is 5.82 Å². The summed E-state index contributed by atoms with van der Waals surface area (Å²) in [7, 11) is 0. The Bertz CT molecular complexity index is 2530. The molecule has 0 spiro atoms. The van der Waals surface area contributed by atoms with Crippen LogP contribution in [0.2, 0.25) is 0 Å². The van der Waals surface area contributed by atoms with Gasteiger partial charge in [-0.05, 0) is 66.7 Å². The summed E-state index contributed by atoms with van der Waals surface area (Å²) in [5.74, 6) is 1.98. The second-order valence-electron chi connectivity index (χ2n) is 11.2. The molecule has 1 aliphatic rings. The summed E-state index contributed by atoms with van der Waals surface area (Å²) in [6, 6.07) is 48.4. The van der Waals surface area contributed by atoms with Crippen LogP contribution in [-0.4, -0.2) is 18.7 Å². The van der Waals surface area contributed by atoms with E-state index in [1.807, 2.05) is 11.8 Å². The molecule has 0 fully saturated rings. The summed E-state index contributed by atoms with van der Waals surface area (Å²) in [6.07, 6.45) is 0. The van der Waals surface area contributed by atoms with Crippen molar-refractivity contribution in [3.63, 3.8) is 0 Å². The molecule has 4 heterocycles. The normalized spacial score (nSPS) is 12.9. The summed E-state index contributed by atoms with van der Waals surface area (Å²) < 4.78 is 7.15. The summed E-state index contributed by atoms with van der Waals surface area (Å²) in [5, 5.41) is 5.04. The van der Waals surface area contributed by atoms with Crippen LogP contribution in [0.4, 0.5) is 0 Å². The highest BCUT2D eigenvalue weighted by molar-refractivity contribution is 7.98. The molecule has 5 heteroatoms. The smallest absolute Gasteiger partial charge is 0.124 e. The van der Waals surface area contributed by atoms with Crippen LogP contribution in [0.25, 0.3) is 71.7 Å². The molecular weight excluding hydrogens is 545 g/mol. The zero-order chi connectivity index (χ0) is 28.1. The number of imidazole rings is 1. The molecule has 4 nitrogen and oxygen atoms in total. The van der Waals surface area contributed by atoms with Gasteiger partial charge in [0.1, 0.15) is 5.82 Å². The average Bonchev–Trinajstić information content (AvgIpc) is 3.72. The van der Waals surface area contributed by atoms with Crippen LogP contribution < -0.4 is 0 Å². The monoisotopic (exact) mass is 568 g/mol. The Hall–Kier alpha value is -5.26. The highest BCUT2D eigenvalue weighted by Gasteiger charge is 2.22. The first kappa shape index (κ1) is 23.3. The van der Waals surface area contributed by atoms with Gasteiger partial charge in [0.15, 0.2) is 0 Å². The largest absolute Gasteiger partial charge is 0.309 e. The summed E-state index contributed by atoms with van der Waals surface area (Å²) in [5.41, 5.74) is 10.5. The molecule has 10 rings (SSSR count). The van der Waals surface area contributed by atoms with Gasteiger partial charge < -0.3 is 9.13 Å². The van der Waals surface area contributed by atoms with Crippen molar-refractivity contribution in [1.29, 1.82) is 0 Å². The number of rotatable bonds is 2. The molecule has 0 unspecified atom stereocenters. The Balaban J connectivity index is 1.23. The zero-order valence-electron chi connectivity index (χ0n) is 23.1. The highest BCUT2D eigenvalue weighted by Crippen LogP contribution is 2.40. The van der Waals surface area contributed by atoms with Crippen LogP contribution >= 0.6 is 11.8 Å². The van der Waals surface area contributed by atoms with Crippen molar-refractivity contribution >= 4 is 66.4 Å². The minimum Gasteiger partial charge on any atom is -0.309 e. The van der Waals surface area contributed by atoms with Gasteiger partial charge in [-0.25, -0.2) is 4.98 Å². The fraction of sp³-hybridized carbons (Fsp3) is 0.0263. The highest BCUT2D eigenvalue weighted by atomic mass is 32.2. The van der Waals surface area contributed by atoms with Crippen LogP contribution in [-0.2, 0) is 5.75 Å². The molecule has 0 N–H and O–H groups in total. The van der Waals surface area contributed by atoms with Gasteiger partial charge in [-0.3, -0.25) is 4.57 Å². The summed E-state index contributed by atoms with van der Waals surface area (Å²) in [6.45, 7) is 0. The first-order chi connectivity index (χ1) is 21.3. The lowest BCUT2D eigenvalue weighted by Gasteiger charge is -2.18. The molecule has 202 valence electrons. The number of aromatic nitrogens is 4. The fourth-order valence-corrected chi connectivity index (χ4v) is 8.06. The standard InChI is InChI=1S/C38H24N4S/c1-4-12-31-26(9-1)27-10-2-5-13-32(27)40(31)24-18-20-34-29(21-24)28-11-3-6-14-33(28)41(34)25-17-19-30-36(22-25)42-35-15-7-8-16-37(35)43-23-38(42)39-30/h1-22H,23H2. The van der Waals surface area contributed by atoms with Gasteiger partial charge in [0.05, 0.1) is 44.5 Å². The molecule has 0 saturated carbocycles. The van der Waals surface area contributed by atoms with Gasteiger partial charge in [-0.2, -0.15) is 0 Å². The van der Waals surface area contributed by atoms with Gasteiger partial charge in [-0.1, -0.05) is 66.7 Å². The third-order valence-electron chi connectivity index (χ3n) is 8.92. The van der Waals surface area contributed by atoms with Gasteiger partial charge in [0.2, 0.25) is 0 Å². The van der Waals surface area contributed by atoms with E-state index in [9.17, 15) is 0 Å². The molecule has 0 atom stereocenters. The minimum absolute atomic E-state index is 0.877. The van der Waals surface area contributed by atoms with Crippen molar-refractivity contribution < 1.29 is 0 Å². The number of para-hydroxylation sites is 4. The Morgan fingerprint density at radius 1 is 0.465 bits per heavy atom. The van der Waals surface area contributed by atoms with Gasteiger partial charge in [-0.15, -0.1) is 11.8 Å². The van der Waals surface area contributed by atoms with Crippen LogP contribution in [0.15, 0.2) is 138 Å². The molecule has 0 saturated heterocycles. The lowest BCUT2D eigenvalue weighted by molar-refractivity contribution is 0.945. The molecule has 3 aromatic heterocycles. The first-order valence-electron chi connectivity index (χ1n) is 14.6. The average molecular weight is 569 g/mol. The van der Waals surface area contributed by atoms with E-state index in [0.717, 1.165) is 28.3 Å². The number of hydrogen-bond acceptors (Lipinski definition) is 2. The number of hydrogen-bond donors (Lipinski definition) is 0. The second-order valence-corrected chi connectivity index (χ2v) is 12.2. The van der Waals surface area contributed by atoms with Crippen molar-refractivity contribution in [2.24, 2.45) is 0 Å². The Kier molecular flexibility index (Phi) is 4.68. The Morgan fingerprint density at radius 3 is 1.74 bits per heavy atom. The van der Waals surface area contributed by atoms with Crippen molar-refractivity contribution in [2.75, 3.05) is 0 Å². The van der Waals surface area contributed by atoms with E-state index in [1.54, 1.807) is 0 Å². The zero-order valence-corrected chi connectivity index (χ0v) is 23.9.